The van der Waals surface area contributed by atoms with Crippen LogP contribution in [0, 0.1) is 0 Å². The van der Waals surface area contributed by atoms with Crippen LogP contribution < -0.4 is 10.5 Å². The highest BCUT2D eigenvalue weighted by atomic mass is 35.5. The van der Waals surface area contributed by atoms with Gasteiger partial charge in [-0.2, -0.15) is 0 Å². The fraction of sp³-hybridized carbons (Fsp3) is 0.333. The number of rotatable bonds is 2. The first-order valence-corrected chi connectivity index (χ1v) is 10.7. The van der Waals surface area contributed by atoms with Crippen LogP contribution in [0.1, 0.15) is 20.8 Å². The number of anilines is 1. The van der Waals surface area contributed by atoms with Gasteiger partial charge in [-0.25, -0.2) is 4.79 Å². The number of nitrogens with one attached hydrogen (secondary N) is 1. The summed E-state index contributed by atoms with van der Waals surface area (Å²) in [6.07, 6.45) is -0.263. The van der Waals surface area contributed by atoms with Crippen LogP contribution in [0.3, 0.4) is 0 Å². The molecule has 3 aromatic rings. The molecule has 0 spiro atoms. The largest absolute Gasteiger partial charge is 0.444 e. The van der Waals surface area contributed by atoms with Crippen molar-refractivity contribution in [1.29, 1.82) is 0 Å². The summed E-state index contributed by atoms with van der Waals surface area (Å²) in [6, 6.07) is 15.3. The molecule has 1 amide bonds. The van der Waals surface area contributed by atoms with Gasteiger partial charge in [0.05, 0.1) is 0 Å². The molecule has 1 aromatic heterocycles. The second-order valence-corrected chi connectivity index (χ2v) is 9.12. The van der Waals surface area contributed by atoms with Crippen molar-refractivity contribution in [1.82, 2.24) is 9.88 Å². The van der Waals surface area contributed by atoms with Crippen molar-refractivity contribution in [2.24, 2.45) is 0 Å². The lowest BCUT2D eigenvalue weighted by Crippen LogP contribution is -2.50. The lowest BCUT2D eigenvalue weighted by Gasteiger charge is -2.36. The van der Waals surface area contributed by atoms with Gasteiger partial charge in [0.1, 0.15) is 5.60 Å². The molecule has 0 saturated carbocycles. The van der Waals surface area contributed by atoms with E-state index in [1.165, 1.54) is 0 Å². The number of amides is 1. The molecule has 0 aliphatic carbocycles. The molecule has 1 aliphatic rings. The number of nitrogens with zero attached hydrogens (tertiary/aromatic N) is 2. The van der Waals surface area contributed by atoms with Crippen molar-refractivity contribution in [3.05, 3.63) is 63.9 Å². The highest BCUT2D eigenvalue weighted by molar-refractivity contribution is 6.35. The maximum Gasteiger partial charge on any atom is 0.410 e. The highest BCUT2D eigenvalue weighted by Gasteiger charge is 2.26. The van der Waals surface area contributed by atoms with Gasteiger partial charge in [0.25, 0.3) is 5.56 Å². The van der Waals surface area contributed by atoms with Crippen molar-refractivity contribution in [2.75, 3.05) is 31.1 Å². The Morgan fingerprint density at radius 1 is 1.00 bits per heavy atom. The standard InChI is InChI=1S/C24H26ClN3O3/c1-24(2,3)31-23(30)28-13-11-27(12-14-28)17-9-7-16(8-10-17)21-15-19-18(22(29)26-21)5-4-6-20(19)25/h4-10,15H,11-14H2,1-3H3,(H,26,29). The van der Waals surface area contributed by atoms with E-state index in [2.05, 4.69) is 9.88 Å². The quantitative estimate of drug-likeness (QED) is 0.616. The Morgan fingerprint density at radius 2 is 1.68 bits per heavy atom. The van der Waals surface area contributed by atoms with Gasteiger partial charge in [-0.15, -0.1) is 0 Å². The van der Waals surface area contributed by atoms with E-state index in [4.69, 9.17) is 16.3 Å². The minimum absolute atomic E-state index is 0.155. The maximum absolute atomic E-state index is 12.4. The molecule has 1 saturated heterocycles. The number of carbonyl (C=O) groups excluding carboxylic acids is 1. The molecule has 2 heterocycles. The van der Waals surface area contributed by atoms with Crippen LogP contribution in [0.25, 0.3) is 22.0 Å². The van der Waals surface area contributed by atoms with Gasteiger partial charge in [-0.1, -0.05) is 29.8 Å². The predicted octanol–water partition coefficient (Wildman–Crippen LogP) is 4.91. The Morgan fingerprint density at radius 3 is 2.32 bits per heavy atom. The summed E-state index contributed by atoms with van der Waals surface area (Å²) in [4.78, 5) is 31.6. The van der Waals surface area contributed by atoms with Gasteiger partial charge >= 0.3 is 6.09 Å². The van der Waals surface area contributed by atoms with E-state index in [1.807, 2.05) is 51.1 Å². The molecule has 1 N–H and O–H groups in total. The summed E-state index contributed by atoms with van der Waals surface area (Å²) < 4.78 is 5.46. The van der Waals surface area contributed by atoms with Crippen LogP contribution in [-0.4, -0.2) is 47.8 Å². The molecule has 1 aliphatic heterocycles. The van der Waals surface area contributed by atoms with E-state index in [0.29, 0.717) is 23.5 Å². The topological polar surface area (TPSA) is 65.6 Å². The third kappa shape index (κ3) is 4.69. The number of hydrogen-bond acceptors (Lipinski definition) is 4. The van der Waals surface area contributed by atoms with Crippen LogP contribution >= 0.6 is 11.6 Å². The fourth-order valence-electron chi connectivity index (χ4n) is 3.73. The molecular formula is C24H26ClN3O3. The number of piperazine rings is 1. The average Bonchev–Trinajstić information content (AvgIpc) is 2.73. The van der Waals surface area contributed by atoms with Gasteiger partial charge in [-0.05, 0) is 56.7 Å². The first-order chi connectivity index (χ1) is 14.7. The Labute approximate surface area is 186 Å². The summed E-state index contributed by atoms with van der Waals surface area (Å²) in [5.41, 5.74) is 2.07. The molecule has 0 radical (unpaired) electrons. The van der Waals surface area contributed by atoms with Crippen LogP contribution in [-0.2, 0) is 4.74 Å². The summed E-state index contributed by atoms with van der Waals surface area (Å²) in [5, 5.41) is 1.88. The van der Waals surface area contributed by atoms with Crippen LogP contribution in [0.5, 0.6) is 0 Å². The smallest absolute Gasteiger partial charge is 0.410 e. The lowest BCUT2D eigenvalue weighted by atomic mass is 10.1. The Bertz CT molecular complexity index is 1160. The Balaban J connectivity index is 1.47. The number of halogens is 1. The van der Waals surface area contributed by atoms with Crippen molar-refractivity contribution >= 4 is 34.2 Å². The van der Waals surface area contributed by atoms with Crippen LogP contribution in [0.4, 0.5) is 10.5 Å². The van der Waals surface area contributed by atoms with E-state index >= 15 is 0 Å². The van der Waals surface area contributed by atoms with Gasteiger partial charge in [0.2, 0.25) is 0 Å². The van der Waals surface area contributed by atoms with Crippen molar-refractivity contribution in [2.45, 2.75) is 26.4 Å². The third-order valence-corrected chi connectivity index (χ3v) is 5.64. The molecule has 0 atom stereocenters. The third-order valence-electron chi connectivity index (χ3n) is 5.31. The number of aromatic amines is 1. The molecular weight excluding hydrogens is 414 g/mol. The fourth-order valence-corrected chi connectivity index (χ4v) is 3.96. The maximum atomic E-state index is 12.4. The normalized spacial score (nSPS) is 14.7. The number of ether oxygens (including phenoxy) is 1. The minimum Gasteiger partial charge on any atom is -0.444 e. The monoisotopic (exact) mass is 439 g/mol. The first-order valence-electron chi connectivity index (χ1n) is 10.4. The van der Waals surface area contributed by atoms with Gasteiger partial charge in [0, 0.05) is 53.4 Å². The highest BCUT2D eigenvalue weighted by Crippen LogP contribution is 2.27. The minimum atomic E-state index is -0.488. The van der Waals surface area contributed by atoms with Crippen LogP contribution in [0.15, 0.2) is 53.3 Å². The summed E-state index contributed by atoms with van der Waals surface area (Å²) in [5.74, 6) is 0. The van der Waals surface area contributed by atoms with E-state index in [9.17, 15) is 9.59 Å². The summed E-state index contributed by atoms with van der Waals surface area (Å²) in [6.45, 7) is 8.33. The Hall–Kier alpha value is -2.99. The molecule has 7 heteroatoms. The second kappa shape index (κ2) is 8.27. The molecule has 2 aromatic carbocycles. The summed E-state index contributed by atoms with van der Waals surface area (Å²) >= 11 is 6.29. The molecule has 1 fully saturated rings. The molecule has 31 heavy (non-hydrogen) atoms. The van der Waals surface area contributed by atoms with Crippen LogP contribution in [0.2, 0.25) is 5.02 Å². The molecule has 0 unspecified atom stereocenters. The number of aromatic nitrogens is 1. The zero-order valence-corrected chi connectivity index (χ0v) is 18.7. The summed E-state index contributed by atoms with van der Waals surface area (Å²) in [7, 11) is 0. The number of pyridine rings is 1. The number of carbonyl (C=O) groups is 1. The predicted molar refractivity (Wildman–Crippen MR) is 125 cm³/mol. The van der Waals surface area contributed by atoms with E-state index in [-0.39, 0.29) is 11.7 Å². The van der Waals surface area contributed by atoms with Crippen molar-refractivity contribution in [3.63, 3.8) is 0 Å². The second-order valence-electron chi connectivity index (χ2n) is 8.71. The average molecular weight is 440 g/mol. The Kier molecular flexibility index (Phi) is 5.67. The zero-order valence-electron chi connectivity index (χ0n) is 17.9. The van der Waals surface area contributed by atoms with E-state index in [1.54, 1.807) is 23.1 Å². The van der Waals surface area contributed by atoms with Gasteiger partial charge in [0.15, 0.2) is 0 Å². The molecule has 162 valence electrons. The van der Waals surface area contributed by atoms with Crippen molar-refractivity contribution < 1.29 is 9.53 Å². The van der Waals surface area contributed by atoms with E-state index < -0.39 is 5.60 Å². The number of hydrogen-bond donors (Lipinski definition) is 1. The molecule has 0 bridgehead atoms. The van der Waals surface area contributed by atoms with Crippen molar-refractivity contribution in [3.8, 4) is 11.3 Å². The van der Waals surface area contributed by atoms with Gasteiger partial charge in [-0.3, -0.25) is 4.79 Å². The number of fused-ring (bicyclic) bond motifs is 1. The first kappa shape index (κ1) is 21.2. The van der Waals surface area contributed by atoms with E-state index in [0.717, 1.165) is 35.4 Å². The van der Waals surface area contributed by atoms with Gasteiger partial charge < -0.3 is 19.5 Å². The SMILES string of the molecule is CC(C)(C)OC(=O)N1CCN(c2ccc(-c3cc4c(Cl)cccc4c(=O)[nH]3)cc2)CC1. The lowest BCUT2D eigenvalue weighted by molar-refractivity contribution is 0.0240. The molecule has 4 rings (SSSR count). The molecule has 6 nitrogen and oxygen atoms in total. The number of H-pyrrole nitrogens is 1. The number of benzene rings is 2. The zero-order chi connectivity index (χ0) is 22.2.